The van der Waals surface area contributed by atoms with Crippen LogP contribution in [0.2, 0.25) is 0 Å². The summed E-state index contributed by atoms with van der Waals surface area (Å²) in [5.41, 5.74) is 0.493. The minimum absolute atomic E-state index is 0.0710. The van der Waals surface area contributed by atoms with Crippen molar-refractivity contribution >= 4 is 28.8 Å². The van der Waals surface area contributed by atoms with Crippen LogP contribution in [-0.4, -0.2) is 45.3 Å². The molecule has 0 fully saturated rings. The first-order valence-corrected chi connectivity index (χ1v) is 6.69. The van der Waals surface area contributed by atoms with Crippen molar-refractivity contribution in [1.29, 1.82) is 0 Å². The van der Waals surface area contributed by atoms with E-state index in [2.05, 4.69) is 5.92 Å². The molecule has 1 aliphatic heterocycles. The number of hydrogen-bond acceptors (Lipinski definition) is 4. The van der Waals surface area contributed by atoms with Crippen molar-refractivity contribution in [3.8, 4) is 12.3 Å². The number of carboxylic acid groups (broad SMARTS) is 1. The summed E-state index contributed by atoms with van der Waals surface area (Å²) in [6, 6.07) is -1.01. The van der Waals surface area contributed by atoms with Crippen LogP contribution in [-0.2, 0) is 14.4 Å². The first-order valence-electron chi connectivity index (χ1n) is 5.70. The van der Waals surface area contributed by atoms with Crippen molar-refractivity contribution in [3.05, 3.63) is 11.6 Å². The lowest BCUT2D eigenvalue weighted by Crippen LogP contribution is -2.44. The number of rotatable bonds is 4. The molecule has 5 nitrogen and oxygen atoms in total. The molecule has 0 aromatic rings. The number of thioether (sulfide) groups is 1. The number of amides is 1. The van der Waals surface area contributed by atoms with E-state index in [1.807, 2.05) is 0 Å². The maximum absolute atomic E-state index is 12.2. The predicted molar refractivity (Wildman–Crippen MR) is 72.4 cm³/mol. The molecular formula is C13H15NO4S. The smallest absolute Gasteiger partial charge is 0.330 e. The Morgan fingerprint density at radius 3 is 2.74 bits per heavy atom. The minimum atomic E-state index is -1.11. The molecule has 102 valence electrons. The molecule has 1 aliphatic rings. The van der Waals surface area contributed by atoms with Gasteiger partial charge in [-0.25, -0.2) is 4.79 Å². The highest BCUT2D eigenvalue weighted by Crippen LogP contribution is 2.21. The topological polar surface area (TPSA) is 74.7 Å². The highest BCUT2D eigenvalue weighted by Gasteiger charge is 2.35. The summed E-state index contributed by atoms with van der Waals surface area (Å²) in [5.74, 6) is 0.864. The van der Waals surface area contributed by atoms with E-state index in [0.29, 0.717) is 11.3 Å². The van der Waals surface area contributed by atoms with Crippen molar-refractivity contribution in [2.24, 2.45) is 5.92 Å². The highest BCUT2D eigenvalue weighted by molar-refractivity contribution is 8.13. The predicted octanol–water partition coefficient (Wildman–Crippen LogP) is 0.757. The fourth-order valence-electron chi connectivity index (χ4n) is 1.73. The van der Waals surface area contributed by atoms with Crippen LogP contribution >= 0.6 is 11.8 Å². The average Bonchev–Trinajstić information content (AvgIpc) is 2.79. The Bertz CT molecular complexity index is 478. The third-order valence-corrected chi connectivity index (χ3v) is 3.79. The molecular weight excluding hydrogens is 266 g/mol. The first-order chi connectivity index (χ1) is 8.86. The first kappa shape index (κ1) is 15.3. The van der Waals surface area contributed by atoms with Crippen LogP contribution in [0.15, 0.2) is 11.6 Å². The van der Waals surface area contributed by atoms with Gasteiger partial charge < -0.3 is 10.0 Å². The van der Waals surface area contributed by atoms with E-state index in [1.54, 1.807) is 6.92 Å². The molecule has 0 saturated carbocycles. The molecule has 19 heavy (non-hydrogen) atoms. The number of carbonyl (C=O) groups excluding carboxylic acids is 2. The van der Waals surface area contributed by atoms with Crippen molar-refractivity contribution in [3.63, 3.8) is 0 Å². The number of terminal acetylenes is 1. The van der Waals surface area contributed by atoms with Crippen LogP contribution in [0.1, 0.15) is 13.8 Å². The van der Waals surface area contributed by atoms with E-state index in [4.69, 9.17) is 11.5 Å². The summed E-state index contributed by atoms with van der Waals surface area (Å²) in [5, 5.41) is 9.01. The summed E-state index contributed by atoms with van der Waals surface area (Å²) < 4.78 is 0. The van der Waals surface area contributed by atoms with Crippen LogP contribution in [0.25, 0.3) is 0 Å². The van der Waals surface area contributed by atoms with Crippen molar-refractivity contribution < 1.29 is 19.5 Å². The Hall–Kier alpha value is -1.74. The van der Waals surface area contributed by atoms with Crippen molar-refractivity contribution in [2.45, 2.75) is 19.9 Å². The summed E-state index contributed by atoms with van der Waals surface area (Å²) in [6.07, 6.45) is 6.64. The van der Waals surface area contributed by atoms with E-state index in [1.165, 1.54) is 17.9 Å². The molecule has 0 radical (unpaired) electrons. The molecule has 0 spiro atoms. The third kappa shape index (κ3) is 3.86. The molecule has 0 aromatic carbocycles. The van der Waals surface area contributed by atoms with Gasteiger partial charge in [-0.1, -0.05) is 24.6 Å². The average molecular weight is 281 g/mol. The molecule has 2 atom stereocenters. The van der Waals surface area contributed by atoms with E-state index in [9.17, 15) is 14.4 Å². The number of nitrogens with zero attached hydrogens (tertiary/aromatic N) is 1. The van der Waals surface area contributed by atoms with Crippen molar-refractivity contribution in [2.75, 3.05) is 12.3 Å². The largest absolute Gasteiger partial charge is 0.479 e. The molecule has 0 saturated heterocycles. The zero-order chi connectivity index (χ0) is 14.6. The molecule has 1 rings (SSSR count). The van der Waals surface area contributed by atoms with Crippen LogP contribution in [0.4, 0.5) is 0 Å². The van der Waals surface area contributed by atoms with Gasteiger partial charge in [-0.2, -0.15) is 0 Å². The van der Waals surface area contributed by atoms with Gasteiger partial charge in [0.05, 0.1) is 6.54 Å². The Labute approximate surface area is 116 Å². The van der Waals surface area contributed by atoms with Gasteiger partial charge in [0, 0.05) is 24.2 Å². The zero-order valence-corrected chi connectivity index (χ0v) is 11.6. The zero-order valence-electron chi connectivity index (χ0n) is 10.8. The number of hydrogen-bond donors (Lipinski definition) is 1. The lowest BCUT2D eigenvalue weighted by atomic mass is 10.1. The van der Waals surface area contributed by atoms with Gasteiger partial charge in [-0.15, -0.1) is 6.42 Å². The van der Waals surface area contributed by atoms with E-state index >= 15 is 0 Å². The van der Waals surface area contributed by atoms with E-state index in [-0.39, 0.29) is 17.6 Å². The van der Waals surface area contributed by atoms with Gasteiger partial charge in [0.2, 0.25) is 5.91 Å². The fraction of sp³-hybridized carbons (Fsp3) is 0.462. The van der Waals surface area contributed by atoms with Crippen LogP contribution in [0.5, 0.6) is 0 Å². The standard InChI is InChI=1S/C13H15NO4S/c1-4-10-5-11(13(17)18)14(6-10)12(16)8(2)7-19-9(3)15/h1,5,8,11H,6-7H2,2-3H3,(H,17,18). The fourth-order valence-corrected chi connectivity index (χ4v) is 2.35. The Kier molecular flexibility index (Phi) is 5.19. The lowest BCUT2D eigenvalue weighted by molar-refractivity contribution is -0.148. The van der Waals surface area contributed by atoms with Crippen LogP contribution in [0, 0.1) is 18.3 Å². The second-order valence-electron chi connectivity index (χ2n) is 4.29. The molecule has 0 aromatic heterocycles. The molecule has 1 heterocycles. The third-order valence-electron chi connectivity index (χ3n) is 2.72. The molecule has 0 aliphatic carbocycles. The maximum Gasteiger partial charge on any atom is 0.330 e. The van der Waals surface area contributed by atoms with Crippen LogP contribution in [0.3, 0.4) is 0 Å². The number of aliphatic carboxylic acids is 1. The normalized spacial score (nSPS) is 19.5. The lowest BCUT2D eigenvalue weighted by Gasteiger charge is -2.24. The second-order valence-corrected chi connectivity index (χ2v) is 5.49. The highest BCUT2D eigenvalue weighted by atomic mass is 32.2. The maximum atomic E-state index is 12.2. The molecule has 6 heteroatoms. The molecule has 2 unspecified atom stereocenters. The SMILES string of the molecule is C#CC1=CC(C(=O)O)N(C(=O)C(C)CSC(C)=O)C1. The monoisotopic (exact) mass is 281 g/mol. The van der Waals surface area contributed by atoms with Crippen LogP contribution < -0.4 is 0 Å². The summed E-state index contributed by atoms with van der Waals surface area (Å²) in [4.78, 5) is 35.4. The van der Waals surface area contributed by atoms with E-state index < -0.39 is 17.9 Å². The summed E-state index contributed by atoms with van der Waals surface area (Å²) >= 11 is 1.05. The summed E-state index contributed by atoms with van der Waals surface area (Å²) in [6.45, 7) is 3.24. The Balaban J connectivity index is 2.74. The molecule has 1 amide bonds. The van der Waals surface area contributed by atoms with Gasteiger partial charge in [-0.05, 0) is 6.08 Å². The summed E-state index contributed by atoms with van der Waals surface area (Å²) in [7, 11) is 0. The Morgan fingerprint density at radius 2 is 2.26 bits per heavy atom. The van der Waals surface area contributed by atoms with Gasteiger partial charge in [-0.3, -0.25) is 9.59 Å². The second kappa shape index (κ2) is 6.43. The molecule has 1 N–H and O–H groups in total. The van der Waals surface area contributed by atoms with Gasteiger partial charge in [0.15, 0.2) is 5.12 Å². The quantitative estimate of drug-likeness (QED) is 0.770. The van der Waals surface area contributed by atoms with Crippen molar-refractivity contribution in [1.82, 2.24) is 4.90 Å². The number of carbonyl (C=O) groups is 3. The van der Waals surface area contributed by atoms with Gasteiger partial charge >= 0.3 is 5.97 Å². The van der Waals surface area contributed by atoms with Gasteiger partial charge in [0.1, 0.15) is 6.04 Å². The van der Waals surface area contributed by atoms with Gasteiger partial charge in [0.25, 0.3) is 0 Å². The minimum Gasteiger partial charge on any atom is -0.479 e. The van der Waals surface area contributed by atoms with E-state index in [0.717, 1.165) is 11.8 Å². The number of carboxylic acids is 1. The molecule has 0 bridgehead atoms. The Morgan fingerprint density at radius 1 is 1.63 bits per heavy atom.